The molecule has 2 amide bonds. The number of nitrogens with zero attached hydrogens (tertiary/aromatic N) is 1. The maximum Gasteiger partial charge on any atom is 0.269 e. The maximum atomic E-state index is 11.8. The standard InChI is InChI=1S/C14H22N4O2/c1-10(2)8-18-13(19)6-7-16-14(20)12-5-4-11(15-3)9-17-12/h4-5,9-10,15H,6-8H2,1-3H3,(H,16,20)(H,18,19). The lowest BCUT2D eigenvalue weighted by Gasteiger charge is -2.08. The molecule has 6 nitrogen and oxygen atoms in total. The Kier molecular flexibility index (Phi) is 6.49. The second-order valence-electron chi connectivity index (χ2n) is 4.89. The number of hydrogen-bond acceptors (Lipinski definition) is 4. The van der Waals surface area contributed by atoms with Crippen LogP contribution in [0.5, 0.6) is 0 Å². The smallest absolute Gasteiger partial charge is 0.269 e. The molecule has 0 spiro atoms. The summed E-state index contributed by atoms with van der Waals surface area (Å²) in [5.41, 5.74) is 1.18. The maximum absolute atomic E-state index is 11.8. The lowest BCUT2D eigenvalue weighted by molar-refractivity contribution is -0.121. The summed E-state index contributed by atoms with van der Waals surface area (Å²) in [6.45, 7) is 5.02. The summed E-state index contributed by atoms with van der Waals surface area (Å²) in [5.74, 6) is 0.0882. The van der Waals surface area contributed by atoms with Gasteiger partial charge in [-0.25, -0.2) is 4.98 Å². The molecule has 0 bridgehead atoms. The fourth-order valence-electron chi connectivity index (χ4n) is 1.46. The van der Waals surface area contributed by atoms with Gasteiger partial charge in [0, 0.05) is 26.6 Å². The predicted octanol–water partition coefficient (Wildman–Crippen LogP) is 1.02. The molecule has 1 rings (SSSR count). The van der Waals surface area contributed by atoms with Crippen LogP contribution in [0.4, 0.5) is 5.69 Å². The fraction of sp³-hybridized carbons (Fsp3) is 0.500. The average Bonchev–Trinajstić information content (AvgIpc) is 2.45. The minimum absolute atomic E-state index is 0.0579. The Labute approximate surface area is 119 Å². The Bertz CT molecular complexity index is 443. The predicted molar refractivity (Wildman–Crippen MR) is 78.6 cm³/mol. The molecule has 0 aliphatic heterocycles. The van der Waals surface area contributed by atoms with Gasteiger partial charge in [-0.15, -0.1) is 0 Å². The molecule has 0 radical (unpaired) electrons. The lowest BCUT2D eigenvalue weighted by atomic mass is 10.2. The van der Waals surface area contributed by atoms with Crippen molar-refractivity contribution in [1.29, 1.82) is 0 Å². The van der Waals surface area contributed by atoms with Crippen LogP contribution in [-0.4, -0.2) is 36.9 Å². The third-order valence-corrected chi connectivity index (χ3v) is 2.63. The molecule has 0 atom stereocenters. The zero-order chi connectivity index (χ0) is 15.0. The van der Waals surface area contributed by atoms with E-state index in [1.165, 1.54) is 0 Å². The Morgan fingerprint density at radius 1 is 1.25 bits per heavy atom. The van der Waals surface area contributed by atoms with E-state index in [4.69, 9.17) is 0 Å². The Morgan fingerprint density at radius 2 is 2.00 bits per heavy atom. The van der Waals surface area contributed by atoms with Crippen molar-refractivity contribution in [1.82, 2.24) is 15.6 Å². The minimum atomic E-state index is -0.274. The molecular formula is C14H22N4O2. The van der Waals surface area contributed by atoms with Crippen LogP contribution in [0.3, 0.4) is 0 Å². The van der Waals surface area contributed by atoms with Gasteiger partial charge in [-0.2, -0.15) is 0 Å². The van der Waals surface area contributed by atoms with Crippen LogP contribution in [0.25, 0.3) is 0 Å². The first-order valence-electron chi connectivity index (χ1n) is 6.71. The molecule has 3 N–H and O–H groups in total. The van der Waals surface area contributed by atoms with Crippen molar-refractivity contribution in [3.63, 3.8) is 0 Å². The van der Waals surface area contributed by atoms with Crippen LogP contribution < -0.4 is 16.0 Å². The van der Waals surface area contributed by atoms with Crippen molar-refractivity contribution in [2.24, 2.45) is 5.92 Å². The monoisotopic (exact) mass is 278 g/mol. The van der Waals surface area contributed by atoms with Crippen LogP contribution in [0.15, 0.2) is 18.3 Å². The Balaban J connectivity index is 2.30. The Morgan fingerprint density at radius 3 is 2.55 bits per heavy atom. The summed E-state index contributed by atoms with van der Waals surface area (Å²) in [6, 6.07) is 3.41. The average molecular weight is 278 g/mol. The van der Waals surface area contributed by atoms with E-state index < -0.39 is 0 Å². The molecule has 0 saturated carbocycles. The molecule has 20 heavy (non-hydrogen) atoms. The number of carbonyl (C=O) groups is 2. The quantitative estimate of drug-likeness (QED) is 0.695. The van der Waals surface area contributed by atoms with E-state index in [9.17, 15) is 9.59 Å². The van der Waals surface area contributed by atoms with E-state index in [-0.39, 0.29) is 18.2 Å². The summed E-state index contributed by atoms with van der Waals surface area (Å²) >= 11 is 0. The SMILES string of the molecule is CNc1ccc(C(=O)NCCC(=O)NCC(C)C)nc1. The highest BCUT2D eigenvalue weighted by Gasteiger charge is 2.08. The van der Waals surface area contributed by atoms with Gasteiger partial charge in [0.05, 0.1) is 11.9 Å². The van der Waals surface area contributed by atoms with Crippen LogP contribution in [-0.2, 0) is 4.79 Å². The number of amides is 2. The molecule has 6 heteroatoms. The molecule has 1 heterocycles. The summed E-state index contributed by atoms with van der Waals surface area (Å²) in [6.07, 6.45) is 1.86. The molecule has 1 aromatic heterocycles. The minimum Gasteiger partial charge on any atom is -0.387 e. The summed E-state index contributed by atoms with van der Waals surface area (Å²) in [7, 11) is 1.78. The zero-order valence-corrected chi connectivity index (χ0v) is 12.2. The molecule has 0 unspecified atom stereocenters. The van der Waals surface area contributed by atoms with Gasteiger partial charge in [0.2, 0.25) is 5.91 Å². The van der Waals surface area contributed by atoms with Gasteiger partial charge in [-0.1, -0.05) is 13.8 Å². The highest BCUT2D eigenvalue weighted by atomic mass is 16.2. The van der Waals surface area contributed by atoms with E-state index in [1.807, 2.05) is 13.8 Å². The van der Waals surface area contributed by atoms with Gasteiger partial charge in [-0.05, 0) is 18.1 Å². The van der Waals surface area contributed by atoms with Crippen LogP contribution >= 0.6 is 0 Å². The lowest BCUT2D eigenvalue weighted by Crippen LogP contribution is -2.32. The molecule has 0 aromatic carbocycles. The van der Waals surface area contributed by atoms with E-state index in [0.717, 1.165) is 5.69 Å². The van der Waals surface area contributed by atoms with E-state index in [0.29, 0.717) is 24.7 Å². The molecule has 110 valence electrons. The van der Waals surface area contributed by atoms with Gasteiger partial charge >= 0.3 is 0 Å². The largest absolute Gasteiger partial charge is 0.387 e. The zero-order valence-electron chi connectivity index (χ0n) is 12.2. The van der Waals surface area contributed by atoms with Crippen LogP contribution in [0.1, 0.15) is 30.8 Å². The van der Waals surface area contributed by atoms with Gasteiger partial charge in [0.25, 0.3) is 5.91 Å². The normalized spacial score (nSPS) is 10.2. The highest BCUT2D eigenvalue weighted by Crippen LogP contribution is 2.04. The van der Waals surface area contributed by atoms with Crippen molar-refractivity contribution in [3.8, 4) is 0 Å². The Hall–Kier alpha value is -2.11. The number of pyridine rings is 1. The summed E-state index contributed by atoms with van der Waals surface area (Å²) in [5, 5.41) is 8.40. The van der Waals surface area contributed by atoms with Crippen molar-refractivity contribution < 1.29 is 9.59 Å². The topological polar surface area (TPSA) is 83.1 Å². The third kappa shape index (κ3) is 5.69. The fourth-order valence-corrected chi connectivity index (χ4v) is 1.46. The second kappa shape index (κ2) is 8.14. The number of carbonyl (C=O) groups excluding carboxylic acids is 2. The first-order valence-corrected chi connectivity index (χ1v) is 6.71. The van der Waals surface area contributed by atoms with E-state index in [2.05, 4.69) is 20.9 Å². The van der Waals surface area contributed by atoms with Crippen LogP contribution in [0, 0.1) is 5.92 Å². The van der Waals surface area contributed by atoms with Gasteiger partial charge in [-0.3, -0.25) is 9.59 Å². The molecule has 0 aliphatic rings. The number of anilines is 1. The van der Waals surface area contributed by atoms with Gasteiger partial charge < -0.3 is 16.0 Å². The second-order valence-corrected chi connectivity index (χ2v) is 4.89. The van der Waals surface area contributed by atoms with Crippen molar-refractivity contribution in [2.45, 2.75) is 20.3 Å². The highest BCUT2D eigenvalue weighted by molar-refractivity contribution is 5.92. The molecule has 0 aliphatic carbocycles. The number of nitrogens with one attached hydrogen (secondary N) is 3. The first kappa shape index (κ1) is 15.9. The van der Waals surface area contributed by atoms with Crippen molar-refractivity contribution >= 4 is 17.5 Å². The molecular weight excluding hydrogens is 256 g/mol. The van der Waals surface area contributed by atoms with Crippen LogP contribution in [0.2, 0.25) is 0 Å². The summed E-state index contributed by atoms with van der Waals surface area (Å²) < 4.78 is 0. The van der Waals surface area contributed by atoms with Gasteiger partial charge in [0.15, 0.2) is 0 Å². The molecule has 0 fully saturated rings. The summed E-state index contributed by atoms with van der Waals surface area (Å²) in [4.78, 5) is 27.3. The number of hydrogen-bond donors (Lipinski definition) is 3. The van der Waals surface area contributed by atoms with Gasteiger partial charge in [0.1, 0.15) is 5.69 Å². The van der Waals surface area contributed by atoms with Crippen molar-refractivity contribution in [2.75, 3.05) is 25.5 Å². The molecule has 1 aromatic rings. The van der Waals surface area contributed by atoms with E-state index in [1.54, 1.807) is 25.4 Å². The first-order chi connectivity index (χ1) is 9.52. The molecule has 0 saturated heterocycles. The number of rotatable bonds is 7. The van der Waals surface area contributed by atoms with Crippen molar-refractivity contribution in [3.05, 3.63) is 24.0 Å². The number of aromatic nitrogens is 1. The third-order valence-electron chi connectivity index (χ3n) is 2.63. The van der Waals surface area contributed by atoms with E-state index >= 15 is 0 Å².